The molecule has 2 amide bonds. The Kier molecular flexibility index (Phi) is 5.92. The van der Waals surface area contributed by atoms with Crippen molar-refractivity contribution in [2.24, 2.45) is 0 Å². The van der Waals surface area contributed by atoms with Crippen molar-refractivity contribution in [3.8, 4) is 0 Å². The van der Waals surface area contributed by atoms with Crippen molar-refractivity contribution in [2.75, 3.05) is 13.1 Å². The first-order chi connectivity index (χ1) is 9.04. The summed E-state index contributed by atoms with van der Waals surface area (Å²) in [6.45, 7) is 2.29. The van der Waals surface area contributed by atoms with E-state index >= 15 is 0 Å². The Labute approximate surface area is 110 Å². The molecule has 0 saturated heterocycles. The third-order valence-electron chi connectivity index (χ3n) is 2.44. The van der Waals surface area contributed by atoms with Gasteiger partial charge in [-0.25, -0.2) is 8.78 Å². The fraction of sp³-hybridized carbons (Fsp3) is 0.385. The van der Waals surface area contributed by atoms with E-state index < -0.39 is 17.5 Å². The van der Waals surface area contributed by atoms with E-state index in [0.717, 1.165) is 25.0 Å². The van der Waals surface area contributed by atoms with Crippen molar-refractivity contribution in [2.45, 2.75) is 19.8 Å². The highest BCUT2D eigenvalue weighted by Crippen LogP contribution is 2.08. The van der Waals surface area contributed by atoms with E-state index in [4.69, 9.17) is 0 Å². The van der Waals surface area contributed by atoms with Crippen LogP contribution in [0.2, 0.25) is 0 Å². The minimum absolute atomic E-state index is 0.237. The average Bonchev–Trinajstić information content (AvgIpc) is 2.36. The molecule has 0 atom stereocenters. The minimum atomic E-state index is -0.955. The summed E-state index contributed by atoms with van der Waals surface area (Å²) in [5, 5.41) is 4.88. The minimum Gasteiger partial charge on any atom is -0.355 e. The van der Waals surface area contributed by atoms with Crippen molar-refractivity contribution in [3.63, 3.8) is 0 Å². The summed E-state index contributed by atoms with van der Waals surface area (Å²) in [4.78, 5) is 22.9. The lowest BCUT2D eigenvalue weighted by Crippen LogP contribution is -2.37. The van der Waals surface area contributed by atoms with Gasteiger partial charge in [0.05, 0.1) is 12.1 Å². The molecular weight excluding hydrogens is 254 g/mol. The first-order valence-electron chi connectivity index (χ1n) is 6.04. The van der Waals surface area contributed by atoms with Crippen molar-refractivity contribution < 1.29 is 18.4 Å². The lowest BCUT2D eigenvalue weighted by Gasteiger charge is -2.07. The standard InChI is InChI=1S/C13H16F2N2O2/c1-2-3-6-16-12(18)8-17-13(19)10-5-4-9(14)7-11(10)15/h4-5,7H,2-3,6,8H2,1H3,(H,16,18)(H,17,19). The second kappa shape index (κ2) is 7.45. The zero-order valence-corrected chi connectivity index (χ0v) is 10.6. The fourth-order valence-corrected chi connectivity index (χ4v) is 1.40. The normalized spacial score (nSPS) is 10.1. The summed E-state index contributed by atoms with van der Waals surface area (Å²) in [5.41, 5.74) is -0.289. The summed E-state index contributed by atoms with van der Waals surface area (Å²) in [6.07, 6.45) is 1.81. The van der Waals surface area contributed by atoms with Gasteiger partial charge in [0.1, 0.15) is 11.6 Å². The van der Waals surface area contributed by atoms with E-state index in [0.29, 0.717) is 12.6 Å². The van der Waals surface area contributed by atoms with Crippen LogP contribution in [-0.4, -0.2) is 24.9 Å². The maximum absolute atomic E-state index is 13.3. The Morgan fingerprint density at radius 3 is 2.58 bits per heavy atom. The van der Waals surface area contributed by atoms with E-state index in [1.54, 1.807) is 0 Å². The largest absolute Gasteiger partial charge is 0.355 e. The summed E-state index contributed by atoms with van der Waals surface area (Å²) < 4.78 is 25.9. The van der Waals surface area contributed by atoms with Gasteiger partial charge in [0.15, 0.2) is 0 Å². The maximum atomic E-state index is 13.3. The smallest absolute Gasteiger partial charge is 0.254 e. The molecule has 2 N–H and O–H groups in total. The molecule has 6 heteroatoms. The monoisotopic (exact) mass is 270 g/mol. The number of carbonyl (C=O) groups excluding carboxylic acids is 2. The van der Waals surface area contributed by atoms with Gasteiger partial charge in [-0.1, -0.05) is 13.3 Å². The molecule has 0 radical (unpaired) electrons. The average molecular weight is 270 g/mol. The van der Waals surface area contributed by atoms with Crippen LogP contribution in [0.25, 0.3) is 0 Å². The lowest BCUT2D eigenvalue weighted by molar-refractivity contribution is -0.120. The molecule has 0 spiro atoms. The van der Waals surface area contributed by atoms with Crippen LogP contribution in [0.5, 0.6) is 0 Å². The molecule has 1 aromatic rings. The van der Waals surface area contributed by atoms with Gasteiger partial charge in [0.2, 0.25) is 5.91 Å². The number of benzene rings is 1. The molecule has 19 heavy (non-hydrogen) atoms. The second-order valence-electron chi connectivity index (χ2n) is 4.01. The Morgan fingerprint density at radius 1 is 1.21 bits per heavy atom. The van der Waals surface area contributed by atoms with Crippen LogP contribution in [0.4, 0.5) is 8.78 Å². The fourth-order valence-electron chi connectivity index (χ4n) is 1.40. The van der Waals surface area contributed by atoms with Crippen LogP contribution in [0.15, 0.2) is 18.2 Å². The van der Waals surface area contributed by atoms with Gasteiger partial charge in [-0.2, -0.15) is 0 Å². The molecule has 0 fully saturated rings. The molecule has 0 aromatic heterocycles. The molecule has 0 heterocycles. The van der Waals surface area contributed by atoms with Gasteiger partial charge in [-0.15, -0.1) is 0 Å². The first-order valence-corrected chi connectivity index (χ1v) is 6.04. The Hall–Kier alpha value is -1.98. The Bertz CT molecular complexity index is 464. The highest BCUT2D eigenvalue weighted by molar-refractivity contribution is 5.96. The number of unbranched alkanes of at least 4 members (excludes halogenated alkanes) is 1. The van der Waals surface area contributed by atoms with Crippen molar-refractivity contribution in [3.05, 3.63) is 35.4 Å². The van der Waals surface area contributed by atoms with Gasteiger partial charge < -0.3 is 10.6 Å². The van der Waals surface area contributed by atoms with E-state index in [1.165, 1.54) is 0 Å². The van der Waals surface area contributed by atoms with Crippen LogP contribution in [-0.2, 0) is 4.79 Å². The van der Waals surface area contributed by atoms with Crippen molar-refractivity contribution in [1.29, 1.82) is 0 Å². The zero-order chi connectivity index (χ0) is 14.3. The molecule has 1 aromatic carbocycles. The first kappa shape index (κ1) is 15.1. The molecule has 0 unspecified atom stereocenters. The molecule has 0 aliphatic carbocycles. The summed E-state index contributed by atoms with van der Waals surface area (Å²) >= 11 is 0. The van der Waals surface area contributed by atoms with Gasteiger partial charge >= 0.3 is 0 Å². The summed E-state index contributed by atoms with van der Waals surface area (Å²) in [7, 11) is 0. The molecular formula is C13H16F2N2O2. The number of hydrogen-bond donors (Lipinski definition) is 2. The number of rotatable bonds is 6. The number of carbonyl (C=O) groups is 2. The van der Waals surface area contributed by atoms with E-state index in [-0.39, 0.29) is 18.0 Å². The quantitative estimate of drug-likeness (QED) is 0.772. The molecule has 1 rings (SSSR count). The second-order valence-corrected chi connectivity index (χ2v) is 4.01. The van der Waals surface area contributed by atoms with E-state index in [9.17, 15) is 18.4 Å². The van der Waals surface area contributed by atoms with Crippen LogP contribution in [0.3, 0.4) is 0 Å². The number of halogens is 2. The summed E-state index contributed by atoms with van der Waals surface area (Å²) in [5.74, 6) is -2.80. The maximum Gasteiger partial charge on any atom is 0.254 e. The third-order valence-corrected chi connectivity index (χ3v) is 2.44. The molecule has 0 saturated carbocycles. The number of amides is 2. The van der Waals surface area contributed by atoms with E-state index in [2.05, 4.69) is 10.6 Å². The van der Waals surface area contributed by atoms with Gasteiger partial charge in [-0.05, 0) is 18.6 Å². The van der Waals surface area contributed by atoms with Gasteiger partial charge in [0.25, 0.3) is 5.91 Å². The topological polar surface area (TPSA) is 58.2 Å². The summed E-state index contributed by atoms with van der Waals surface area (Å²) in [6, 6.07) is 2.64. The highest BCUT2D eigenvalue weighted by Gasteiger charge is 2.13. The van der Waals surface area contributed by atoms with Crippen LogP contribution >= 0.6 is 0 Å². The Balaban J connectivity index is 2.45. The highest BCUT2D eigenvalue weighted by atomic mass is 19.1. The zero-order valence-electron chi connectivity index (χ0n) is 10.6. The number of hydrogen-bond acceptors (Lipinski definition) is 2. The van der Waals surface area contributed by atoms with Gasteiger partial charge in [-0.3, -0.25) is 9.59 Å². The molecule has 0 aliphatic heterocycles. The third kappa shape index (κ3) is 5.03. The molecule has 4 nitrogen and oxygen atoms in total. The van der Waals surface area contributed by atoms with Crippen LogP contribution in [0, 0.1) is 11.6 Å². The number of nitrogens with one attached hydrogen (secondary N) is 2. The molecule has 104 valence electrons. The SMILES string of the molecule is CCCCNC(=O)CNC(=O)c1ccc(F)cc1F. The van der Waals surface area contributed by atoms with Gasteiger partial charge in [0, 0.05) is 12.6 Å². The lowest BCUT2D eigenvalue weighted by atomic mass is 10.2. The molecule has 0 aliphatic rings. The van der Waals surface area contributed by atoms with Crippen molar-refractivity contribution in [1.82, 2.24) is 10.6 Å². The van der Waals surface area contributed by atoms with Crippen molar-refractivity contribution >= 4 is 11.8 Å². The Morgan fingerprint density at radius 2 is 1.95 bits per heavy atom. The molecule has 0 bridgehead atoms. The van der Waals surface area contributed by atoms with E-state index in [1.807, 2.05) is 6.92 Å². The van der Waals surface area contributed by atoms with Crippen LogP contribution in [0.1, 0.15) is 30.1 Å². The van der Waals surface area contributed by atoms with Crippen LogP contribution < -0.4 is 10.6 Å². The predicted molar refractivity (Wildman–Crippen MR) is 66.6 cm³/mol. The predicted octanol–water partition coefficient (Wildman–Crippen LogP) is 1.61.